The monoisotopic (exact) mass is 457 g/mol. The highest BCUT2D eigenvalue weighted by molar-refractivity contribution is 14.1. The van der Waals surface area contributed by atoms with Gasteiger partial charge in [-0.2, -0.15) is 26.9 Å². The smallest absolute Gasteiger partial charge is 0.375 e. The topological polar surface area (TPSA) is 67.2 Å². The van der Waals surface area contributed by atoms with Crippen LogP contribution in [0.4, 0.5) is 13.2 Å². The van der Waals surface area contributed by atoms with Crippen molar-refractivity contribution >= 4 is 32.7 Å². The van der Waals surface area contributed by atoms with Crippen molar-refractivity contribution in [3.8, 4) is 11.8 Å². The molecule has 0 amide bonds. The van der Waals surface area contributed by atoms with Crippen molar-refractivity contribution in [1.82, 2.24) is 0 Å². The second kappa shape index (κ2) is 5.51. The Balaban J connectivity index is 2.20. The van der Waals surface area contributed by atoms with Crippen molar-refractivity contribution in [3.63, 3.8) is 0 Å². The van der Waals surface area contributed by atoms with Crippen LogP contribution < -0.4 is 4.18 Å². The summed E-state index contributed by atoms with van der Waals surface area (Å²) in [7, 11) is -5.73. The fourth-order valence-corrected chi connectivity index (χ4v) is 4.87. The Morgan fingerprint density at radius 1 is 1.17 bits per heavy atom. The summed E-state index contributed by atoms with van der Waals surface area (Å²) in [6.07, 6.45) is 3.26. The Morgan fingerprint density at radius 3 is 2.17 bits per heavy atom. The fraction of sp³-hybridized carbons (Fsp3) is 0.500. The van der Waals surface area contributed by atoms with Crippen LogP contribution in [0.3, 0.4) is 0 Å². The molecule has 0 radical (unpaired) electrons. The molecule has 1 fully saturated rings. The van der Waals surface area contributed by atoms with E-state index in [0.29, 0.717) is 16.7 Å². The van der Waals surface area contributed by atoms with Gasteiger partial charge in [0, 0.05) is 5.56 Å². The van der Waals surface area contributed by atoms with Gasteiger partial charge in [-0.1, -0.05) is 0 Å². The largest absolute Gasteiger partial charge is 0.534 e. The molecule has 0 N–H and O–H groups in total. The van der Waals surface area contributed by atoms with Crippen LogP contribution in [0.1, 0.15) is 54.2 Å². The lowest BCUT2D eigenvalue weighted by atomic mass is 9.65. The van der Waals surface area contributed by atoms with Gasteiger partial charge in [0.2, 0.25) is 0 Å². The summed E-state index contributed by atoms with van der Waals surface area (Å²) in [5.74, 6) is -0.237. The van der Waals surface area contributed by atoms with Gasteiger partial charge in [0.15, 0.2) is 5.75 Å². The zero-order valence-electron chi connectivity index (χ0n) is 11.7. The number of hydrogen-bond donors (Lipinski definition) is 0. The summed E-state index contributed by atoms with van der Waals surface area (Å²) in [4.78, 5) is 0. The van der Waals surface area contributed by atoms with Gasteiger partial charge in [0.05, 0.1) is 15.2 Å². The summed E-state index contributed by atoms with van der Waals surface area (Å²) in [5.41, 5.74) is -3.94. The molecule has 0 atom stereocenters. The number of alkyl halides is 3. The minimum absolute atomic E-state index is 0.0600. The third-order valence-corrected chi connectivity index (χ3v) is 6.21. The Morgan fingerprint density at radius 2 is 1.70 bits per heavy atom. The van der Waals surface area contributed by atoms with E-state index in [2.05, 4.69) is 10.3 Å². The van der Waals surface area contributed by atoms with E-state index in [9.17, 15) is 26.9 Å². The number of rotatable bonds is 2. The van der Waals surface area contributed by atoms with Crippen molar-refractivity contribution in [2.45, 2.75) is 43.0 Å². The van der Waals surface area contributed by atoms with Gasteiger partial charge in [0.1, 0.15) is 0 Å². The number of benzene rings is 1. The Hall–Kier alpha value is -1.02. The maximum absolute atomic E-state index is 12.6. The molecule has 0 spiro atoms. The maximum Gasteiger partial charge on any atom is 0.534 e. The molecule has 124 valence electrons. The van der Waals surface area contributed by atoms with Crippen LogP contribution in [0.2, 0.25) is 0 Å². The molecule has 9 heteroatoms. The number of nitrogens with zero attached hydrogens (tertiary/aromatic N) is 1. The van der Waals surface area contributed by atoms with Crippen LogP contribution >= 0.6 is 22.6 Å². The molecular formula is C14H11F3INO3S. The predicted octanol–water partition coefficient (Wildman–Crippen LogP) is 4.15. The highest BCUT2D eigenvalue weighted by Crippen LogP contribution is 2.54. The zero-order valence-corrected chi connectivity index (χ0v) is 14.6. The molecule has 1 saturated carbocycles. The Bertz CT molecular complexity index is 806. The lowest BCUT2D eigenvalue weighted by molar-refractivity contribution is -0.0500. The van der Waals surface area contributed by atoms with Crippen molar-refractivity contribution in [2.24, 2.45) is 0 Å². The molecular weight excluding hydrogens is 446 g/mol. The molecule has 1 aromatic carbocycles. The number of halogens is 4. The third kappa shape index (κ3) is 2.69. The quantitative estimate of drug-likeness (QED) is 0.381. The second-order valence-electron chi connectivity index (χ2n) is 5.71. The van der Waals surface area contributed by atoms with E-state index >= 15 is 0 Å². The molecule has 1 aromatic rings. The fourth-order valence-electron chi connectivity index (χ4n) is 3.52. The van der Waals surface area contributed by atoms with Gasteiger partial charge in [-0.3, -0.25) is 0 Å². The van der Waals surface area contributed by atoms with E-state index in [1.165, 1.54) is 6.07 Å². The van der Waals surface area contributed by atoms with Crippen LogP contribution in [0, 0.1) is 14.9 Å². The van der Waals surface area contributed by atoms with Gasteiger partial charge in [-0.25, -0.2) is 0 Å². The predicted molar refractivity (Wildman–Crippen MR) is 83.4 cm³/mol. The minimum atomic E-state index is -5.73. The molecule has 0 saturated heterocycles. The van der Waals surface area contributed by atoms with E-state index < -0.39 is 15.6 Å². The van der Waals surface area contributed by atoms with Gasteiger partial charge in [-0.05, 0) is 71.7 Å². The van der Waals surface area contributed by atoms with E-state index in [0.717, 1.165) is 25.7 Å². The molecule has 3 aliphatic carbocycles. The number of hydrogen-bond acceptors (Lipinski definition) is 4. The van der Waals surface area contributed by atoms with E-state index in [-0.39, 0.29) is 21.2 Å². The van der Waals surface area contributed by atoms with E-state index in [4.69, 9.17) is 0 Å². The van der Waals surface area contributed by atoms with Crippen LogP contribution in [0.5, 0.6) is 5.75 Å². The number of fused-ring (bicyclic) bond motifs is 2. The van der Waals surface area contributed by atoms with Crippen molar-refractivity contribution < 1.29 is 25.8 Å². The summed E-state index contributed by atoms with van der Waals surface area (Å²) in [6, 6.07) is 3.47. The van der Waals surface area contributed by atoms with E-state index in [1.54, 1.807) is 22.6 Å². The van der Waals surface area contributed by atoms with Crippen molar-refractivity contribution in [3.05, 3.63) is 26.3 Å². The zero-order chi connectivity index (χ0) is 17.0. The molecule has 2 bridgehead atoms. The van der Waals surface area contributed by atoms with Crippen LogP contribution in [0.25, 0.3) is 0 Å². The van der Waals surface area contributed by atoms with Crippen LogP contribution in [-0.2, 0) is 10.1 Å². The van der Waals surface area contributed by atoms with Gasteiger partial charge in [0.25, 0.3) is 0 Å². The van der Waals surface area contributed by atoms with Gasteiger partial charge < -0.3 is 4.18 Å². The lowest BCUT2D eigenvalue weighted by Crippen LogP contribution is -2.30. The van der Waals surface area contributed by atoms with Crippen molar-refractivity contribution in [2.75, 3.05) is 0 Å². The third-order valence-electron chi connectivity index (χ3n) is 4.45. The molecule has 0 aromatic heterocycles. The SMILES string of the molecule is N#Cc1cc(I)c(OS(=O)(=O)C(F)(F)F)c2c1C1CCC2CC1. The molecule has 0 aliphatic heterocycles. The summed E-state index contributed by atoms with van der Waals surface area (Å²) < 4.78 is 65.4. The average molecular weight is 457 g/mol. The van der Waals surface area contributed by atoms with E-state index in [1.807, 2.05) is 0 Å². The highest BCUT2D eigenvalue weighted by Gasteiger charge is 2.50. The van der Waals surface area contributed by atoms with Crippen LogP contribution in [-0.4, -0.2) is 13.9 Å². The molecule has 4 rings (SSSR count). The standard InChI is InChI=1S/C14H11F3INO3S/c15-14(16,17)23(20,21)22-13-10(18)5-9(6-19)11-7-1-3-8(4-2-7)12(11)13/h5,7-8H,1-4H2. The first-order valence-corrected chi connectivity index (χ1v) is 9.41. The minimum Gasteiger partial charge on any atom is -0.375 e. The molecule has 4 nitrogen and oxygen atoms in total. The highest BCUT2D eigenvalue weighted by atomic mass is 127. The molecule has 3 aliphatic rings. The average Bonchev–Trinajstić information content (AvgIpc) is 2.49. The molecule has 0 heterocycles. The summed E-state index contributed by atoms with van der Waals surface area (Å²) in [6.45, 7) is 0. The van der Waals surface area contributed by atoms with Crippen LogP contribution in [0.15, 0.2) is 6.07 Å². The number of nitriles is 1. The van der Waals surface area contributed by atoms with Gasteiger partial charge >= 0.3 is 15.6 Å². The lowest BCUT2D eigenvalue weighted by Gasteiger charge is -2.39. The Kier molecular flexibility index (Phi) is 4.03. The first-order valence-electron chi connectivity index (χ1n) is 6.93. The molecule has 23 heavy (non-hydrogen) atoms. The Labute approximate surface area is 144 Å². The first-order chi connectivity index (χ1) is 10.7. The molecule has 0 unspecified atom stereocenters. The van der Waals surface area contributed by atoms with Gasteiger partial charge in [-0.15, -0.1) is 0 Å². The van der Waals surface area contributed by atoms with Crippen molar-refractivity contribution in [1.29, 1.82) is 5.26 Å². The maximum atomic E-state index is 12.6. The summed E-state index contributed by atoms with van der Waals surface area (Å²) >= 11 is 1.72. The first kappa shape index (κ1) is 16.8. The summed E-state index contributed by atoms with van der Waals surface area (Å²) in [5, 5.41) is 9.31. The second-order valence-corrected chi connectivity index (χ2v) is 8.41. The normalized spacial score (nSPS) is 23.3.